The third-order valence-electron chi connectivity index (χ3n) is 4.33. The second-order valence-electron chi connectivity index (χ2n) is 5.75. The first-order valence-electron chi connectivity index (χ1n) is 7.13. The lowest BCUT2D eigenvalue weighted by Gasteiger charge is -2.35. The molecule has 0 heterocycles. The molecule has 3 heteroatoms. The molecule has 1 fully saturated rings. The maximum Gasteiger partial charge on any atom is 0.133 e. The predicted molar refractivity (Wildman–Crippen MR) is 83.8 cm³/mol. The average Bonchev–Trinajstić information content (AvgIpc) is 2.39. The second kappa shape index (κ2) is 6.76. The largest absolute Gasteiger partial charge is 0.496 e. The van der Waals surface area contributed by atoms with E-state index in [-0.39, 0.29) is 0 Å². The number of nitrogens with one attached hydrogen (secondary N) is 1. The maximum atomic E-state index is 5.29. The van der Waals surface area contributed by atoms with Crippen molar-refractivity contribution in [3.63, 3.8) is 0 Å². The standard InChI is InChI=1S/C16H24BrNO/c1-11-4-6-15(18-2)13(8-11)9-12-5-7-16(19-3)14(17)10-12/h5,7,10-11,13,15,18H,4,6,8-9H2,1-3H3. The Morgan fingerprint density at radius 2 is 2.16 bits per heavy atom. The van der Waals surface area contributed by atoms with Gasteiger partial charge in [-0.2, -0.15) is 0 Å². The third kappa shape index (κ3) is 3.73. The number of hydrogen-bond acceptors (Lipinski definition) is 2. The summed E-state index contributed by atoms with van der Waals surface area (Å²) in [6, 6.07) is 7.11. The van der Waals surface area contributed by atoms with Crippen molar-refractivity contribution >= 4 is 15.9 Å². The van der Waals surface area contributed by atoms with Crippen LogP contribution in [0.1, 0.15) is 31.7 Å². The molecule has 0 aromatic heterocycles. The van der Waals surface area contributed by atoms with E-state index in [2.05, 4.69) is 53.4 Å². The molecule has 1 saturated carbocycles. The first-order valence-corrected chi connectivity index (χ1v) is 7.93. The molecule has 3 atom stereocenters. The number of hydrogen-bond donors (Lipinski definition) is 1. The molecule has 2 rings (SSSR count). The van der Waals surface area contributed by atoms with Gasteiger partial charge in [-0.25, -0.2) is 0 Å². The van der Waals surface area contributed by atoms with E-state index in [1.807, 2.05) is 0 Å². The van der Waals surface area contributed by atoms with Crippen molar-refractivity contribution in [3.05, 3.63) is 28.2 Å². The Morgan fingerprint density at radius 1 is 1.37 bits per heavy atom. The van der Waals surface area contributed by atoms with Gasteiger partial charge in [0, 0.05) is 6.04 Å². The van der Waals surface area contributed by atoms with E-state index in [1.165, 1.54) is 24.8 Å². The van der Waals surface area contributed by atoms with E-state index in [9.17, 15) is 0 Å². The van der Waals surface area contributed by atoms with E-state index >= 15 is 0 Å². The highest BCUT2D eigenvalue weighted by molar-refractivity contribution is 9.10. The molecule has 1 aliphatic rings. The van der Waals surface area contributed by atoms with E-state index in [1.54, 1.807) is 7.11 Å². The molecule has 0 bridgehead atoms. The lowest BCUT2D eigenvalue weighted by atomic mass is 9.76. The Kier molecular flexibility index (Phi) is 5.28. The van der Waals surface area contributed by atoms with Gasteiger partial charge in [0.25, 0.3) is 0 Å². The van der Waals surface area contributed by atoms with Crippen LogP contribution in [0.4, 0.5) is 0 Å². The molecule has 1 N–H and O–H groups in total. The topological polar surface area (TPSA) is 21.3 Å². The fourth-order valence-corrected chi connectivity index (χ4v) is 3.83. The maximum absolute atomic E-state index is 5.29. The van der Waals surface area contributed by atoms with Crippen molar-refractivity contribution in [2.75, 3.05) is 14.2 Å². The molecular formula is C16H24BrNO. The molecular weight excluding hydrogens is 302 g/mol. The van der Waals surface area contributed by atoms with Crippen LogP contribution in [0.25, 0.3) is 0 Å². The molecule has 1 aliphatic carbocycles. The van der Waals surface area contributed by atoms with E-state index in [4.69, 9.17) is 4.74 Å². The van der Waals surface area contributed by atoms with Gasteiger partial charge in [0.1, 0.15) is 5.75 Å². The van der Waals surface area contributed by atoms with Gasteiger partial charge in [-0.1, -0.05) is 13.0 Å². The van der Waals surface area contributed by atoms with E-state index in [0.717, 1.165) is 28.5 Å². The molecule has 1 aromatic carbocycles. The summed E-state index contributed by atoms with van der Waals surface area (Å²) in [7, 11) is 3.80. The summed E-state index contributed by atoms with van der Waals surface area (Å²) in [5.41, 5.74) is 1.40. The molecule has 0 radical (unpaired) electrons. The SMILES string of the molecule is CNC1CCC(C)CC1Cc1ccc(OC)c(Br)c1. The van der Waals surface area contributed by atoms with Gasteiger partial charge >= 0.3 is 0 Å². The van der Waals surface area contributed by atoms with Crippen LogP contribution in [0, 0.1) is 11.8 Å². The Balaban J connectivity index is 2.08. The van der Waals surface area contributed by atoms with Crippen LogP contribution in [0.5, 0.6) is 5.75 Å². The summed E-state index contributed by atoms with van der Waals surface area (Å²) in [6.45, 7) is 2.38. The Hall–Kier alpha value is -0.540. The fourth-order valence-electron chi connectivity index (χ4n) is 3.24. The molecule has 3 unspecified atom stereocenters. The van der Waals surface area contributed by atoms with Crippen LogP contribution in [-0.2, 0) is 6.42 Å². The quantitative estimate of drug-likeness (QED) is 0.902. The van der Waals surface area contributed by atoms with Gasteiger partial charge in [0.2, 0.25) is 0 Å². The number of benzene rings is 1. The van der Waals surface area contributed by atoms with Crippen molar-refractivity contribution in [2.45, 2.75) is 38.6 Å². The minimum Gasteiger partial charge on any atom is -0.496 e. The number of methoxy groups -OCH3 is 1. The highest BCUT2D eigenvalue weighted by Gasteiger charge is 2.27. The van der Waals surface area contributed by atoms with Crippen molar-refractivity contribution in [3.8, 4) is 5.75 Å². The first-order chi connectivity index (χ1) is 9.13. The minimum atomic E-state index is 0.664. The van der Waals surface area contributed by atoms with Gasteiger partial charge in [-0.15, -0.1) is 0 Å². The van der Waals surface area contributed by atoms with Gasteiger partial charge in [0.15, 0.2) is 0 Å². The summed E-state index contributed by atoms with van der Waals surface area (Å²) >= 11 is 3.58. The second-order valence-corrected chi connectivity index (χ2v) is 6.60. The van der Waals surface area contributed by atoms with Crippen LogP contribution in [0.15, 0.2) is 22.7 Å². The lowest BCUT2D eigenvalue weighted by Crippen LogP contribution is -2.39. The molecule has 1 aromatic rings. The normalized spacial score (nSPS) is 27.3. The van der Waals surface area contributed by atoms with Crippen LogP contribution in [-0.4, -0.2) is 20.2 Å². The zero-order valence-corrected chi connectivity index (χ0v) is 13.7. The minimum absolute atomic E-state index is 0.664. The summed E-state index contributed by atoms with van der Waals surface area (Å²) < 4.78 is 6.34. The number of rotatable bonds is 4. The van der Waals surface area contributed by atoms with Crippen LogP contribution in [0.3, 0.4) is 0 Å². The first kappa shape index (κ1) is 14.9. The zero-order chi connectivity index (χ0) is 13.8. The number of halogens is 1. The molecule has 0 amide bonds. The van der Waals surface area contributed by atoms with Gasteiger partial charge in [-0.05, 0) is 78.2 Å². The average molecular weight is 326 g/mol. The Labute approximate surface area is 125 Å². The summed E-state index contributed by atoms with van der Waals surface area (Å²) in [4.78, 5) is 0. The Bertz CT molecular complexity index is 421. The molecule has 0 aliphatic heterocycles. The predicted octanol–water partition coefficient (Wildman–Crippen LogP) is 4.02. The van der Waals surface area contributed by atoms with Gasteiger partial charge < -0.3 is 10.1 Å². The summed E-state index contributed by atoms with van der Waals surface area (Å²) in [6.07, 6.45) is 5.14. The smallest absolute Gasteiger partial charge is 0.133 e. The molecule has 2 nitrogen and oxygen atoms in total. The monoisotopic (exact) mass is 325 g/mol. The van der Waals surface area contributed by atoms with Crippen molar-refractivity contribution < 1.29 is 4.74 Å². The van der Waals surface area contributed by atoms with Crippen molar-refractivity contribution in [2.24, 2.45) is 11.8 Å². The van der Waals surface area contributed by atoms with E-state index < -0.39 is 0 Å². The number of ether oxygens (including phenoxy) is 1. The fraction of sp³-hybridized carbons (Fsp3) is 0.625. The van der Waals surface area contributed by atoms with Gasteiger partial charge in [-0.3, -0.25) is 0 Å². The van der Waals surface area contributed by atoms with Crippen molar-refractivity contribution in [1.82, 2.24) is 5.32 Å². The highest BCUT2D eigenvalue weighted by Crippen LogP contribution is 2.33. The molecule has 106 valence electrons. The molecule has 0 saturated heterocycles. The molecule has 0 spiro atoms. The summed E-state index contributed by atoms with van der Waals surface area (Å²) in [5.74, 6) is 2.51. The van der Waals surface area contributed by atoms with Crippen LogP contribution in [0.2, 0.25) is 0 Å². The van der Waals surface area contributed by atoms with Crippen molar-refractivity contribution in [1.29, 1.82) is 0 Å². The van der Waals surface area contributed by atoms with Gasteiger partial charge in [0.05, 0.1) is 11.6 Å². The Morgan fingerprint density at radius 3 is 2.79 bits per heavy atom. The highest BCUT2D eigenvalue weighted by atomic mass is 79.9. The van der Waals surface area contributed by atoms with Crippen LogP contribution >= 0.6 is 15.9 Å². The van der Waals surface area contributed by atoms with Crippen LogP contribution < -0.4 is 10.1 Å². The third-order valence-corrected chi connectivity index (χ3v) is 4.95. The zero-order valence-electron chi connectivity index (χ0n) is 12.1. The van der Waals surface area contributed by atoms with E-state index in [0.29, 0.717) is 6.04 Å². The lowest BCUT2D eigenvalue weighted by molar-refractivity contribution is 0.220. The summed E-state index contributed by atoms with van der Waals surface area (Å²) in [5, 5.41) is 3.50. The molecule has 19 heavy (non-hydrogen) atoms.